The molecule has 1 heterocycles. The van der Waals surface area contributed by atoms with Gasteiger partial charge in [-0.25, -0.2) is 9.78 Å². The Morgan fingerprint density at radius 2 is 2.17 bits per heavy atom. The van der Waals surface area contributed by atoms with Crippen molar-refractivity contribution in [2.45, 2.75) is 30.2 Å². The predicted molar refractivity (Wildman–Crippen MR) is 65.7 cm³/mol. The van der Waals surface area contributed by atoms with Crippen LogP contribution in [0.1, 0.15) is 24.2 Å². The number of carbonyl (C=O) groups excluding carboxylic acids is 1. The standard InChI is InChI=1S/C12H11N3O2S/c1-8(6-13)17-12(16)10-4-3-5-15-11(10)18-9(2)7-14/h3-5,8-9H,1-2H3/t8-,9-/m0/s1. The Balaban J connectivity index is 2.92. The highest BCUT2D eigenvalue weighted by Gasteiger charge is 2.18. The highest BCUT2D eigenvalue weighted by atomic mass is 32.2. The first kappa shape index (κ1) is 14.0. The molecule has 18 heavy (non-hydrogen) atoms. The van der Waals surface area contributed by atoms with Gasteiger partial charge in [0.2, 0.25) is 0 Å². The fourth-order valence-corrected chi connectivity index (χ4v) is 1.87. The number of thioether (sulfide) groups is 1. The van der Waals surface area contributed by atoms with E-state index in [9.17, 15) is 4.79 Å². The minimum Gasteiger partial charge on any atom is -0.444 e. The first-order chi connectivity index (χ1) is 8.58. The molecule has 0 fully saturated rings. The first-order valence-corrected chi connectivity index (χ1v) is 6.08. The van der Waals surface area contributed by atoms with Crippen molar-refractivity contribution in [1.82, 2.24) is 4.98 Å². The zero-order chi connectivity index (χ0) is 13.5. The molecule has 0 saturated carbocycles. The number of nitrogens with zero attached hydrogens (tertiary/aromatic N) is 3. The lowest BCUT2D eigenvalue weighted by Gasteiger charge is -2.09. The second kappa shape index (κ2) is 6.63. The van der Waals surface area contributed by atoms with Gasteiger partial charge in [-0.1, -0.05) is 11.8 Å². The maximum Gasteiger partial charge on any atom is 0.342 e. The van der Waals surface area contributed by atoms with Gasteiger partial charge in [0, 0.05) is 6.20 Å². The van der Waals surface area contributed by atoms with Gasteiger partial charge in [-0.05, 0) is 26.0 Å². The number of carbonyl (C=O) groups is 1. The molecule has 0 aliphatic heterocycles. The molecule has 1 rings (SSSR count). The van der Waals surface area contributed by atoms with Crippen LogP contribution in [-0.4, -0.2) is 22.3 Å². The monoisotopic (exact) mass is 261 g/mol. The molecule has 0 radical (unpaired) electrons. The molecule has 0 unspecified atom stereocenters. The van der Waals surface area contributed by atoms with Crippen molar-refractivity contribution < 1.29 is 9.53 Å². The minimum absolute atomic E-state index is 0.270. The highest BCUT2D eigenvalue weighted by Crippen LogP contribution is 2.24. The molecule has 2 atom stereocenters. The third-order valence-corrected chi connectivity index (χ3v) is 2.93. The second-order valence-corrected chi connectivity index (χ2v) is 4.75. The van der Waals surface area contributed by atoms with Crippen LogP contribution in [0.15, 0.2) is 23.4 Å². The lowest BCUT2D eigenvalue weighted by Crippen LogP contribution is -2.14. The van der Waals surface area contributed by atoms with Crippen molar-refractivity contribution in [3.05, 3.63) is 23.9 Å². The second-order valence-electron chi connectivity index (χ2n) is 3.42. The number of ether oxygens (including phenoxy) is 1. The summed E-state index contributed by atoms with van der Waals surface area (Å²) in [6.07, 6.45) is 0.723. The van der Waals surface area contributed by atoms with Gasteiger partial charge >= 0.3 is 5.97 Å². The largest absolute Gasteiger partial charge is 0.444 e. The van der Waals surface area contributed by atoms with Crippen LogP contribution in [0.2, 0.25) is 0 Å². The van der Waals surface area contributed by atoms with Crippen LogP contribution in [0.3, 0.4) is 0 Å². The van der Waals surface area contributed by atoms with Crippen molar-refractivity contribution in [2.75, 3.05) is 0 Å². The molecule has 0 bridgehead atoms. The molecular formula is C12H11N3O2S. The fourth-order valence-electron chi connectivity index (χ4n) is 1.08. The maximum atomic E-state index is 11.8. The summed E-state index contributed by atoms with van der Waals surface area (Å²) in [5, 5.41) is 17.5. The van der Waals surface area contributed by atoms with Gasteiger partial charge in [0.1, 0.15) is 11.1 Å². The summed E-state index contributed by atoms with van der Waals surface area (Å²) in [6, 6.07) is 7.03. The van der Waals surface area contributed by atoms with E-state index in [2.05, 4.69) is 11.1 Å². The van der Waals surface area contributed by atoms with Gasteiger partial charge in [0.15, 0.2) is 6.10 Å². The summed E-state index contributed by atoms with van der Waals surface area (Å²) in [5.74, 6) is -0.607. The van der Waals surface area contributed by atoms with Crippen LogP contribution >= 0.6 is 11.8 Å². The zero-order valence-corrected chi connectivity index (χ0v) is 10.8. The quantitative estimate of drug-likeness (QED) is 0.609. The molecule has 0 aromatic carbocycles. The zero-order valence-electron chi connectivity index (χ0n) is 9.95. The van der Waals surface area contributed by atoms with Gasteiger partial charge in [0.25, 0.3) is 0 Å². The lowest BCUT2D eigenvalue weighted by molar-refractivity contribution is 0.0430. The Kier molecular flexibility index (Phi) is 5.16. The Morgan fingerprint density at radius 1 is 1.44 bits per heavy atom. The van der Waals surface area contributed by atoms with Crippen molar-refractivity contribution in [3.63, 3.8) is 0 Å². The fraction of sp³-hybridized carbons (Fsp3) is 0.333. The minimum atomic E-state index is -0.816. The van der Waals surface area contributed by atoms with E-state index in [1.807, 2.05) is 6.07 Å². The van der Waals surface area contributed by atoms with Crippen LogP contribution in [0, 0.1) is 22.7 Å². The molecule has 0 aliphatic carbocycles. The lowest BCUT2D eigenvalue weighted by atomic mass is 10.3. The number of pyridine rings is 1. The van der Waals surface area contributed by atoms with Gasteiger partial charge < -0.3 is 4.74 Å². The molecule has 0 saturated heterocycles. The molecule has 0 aliphatic rings. The summed E-state index contributed by atoms with van der Waals surface area (Å²) in [4.78, 5) is 15.8. The van der Waals surface area contributed by atoms with Crippen LogP contribution in [0.4, 0.5) is 0 Å². The molecule has 0 amide bonds. The van der Waals surface area contributed by atoms with E-state index >= 15 is 0 Å². The number of nitriles is 2. The van der Waals surface area contributed by atoms with Crippen LogP contribution in [0.25, 0.3) is 0 Å². The molecule has 92 valence electrons. The van der Waals surface area contributed by atoms with Crippen LogP contribution in [-0.2, 0) is 4.74 Å². The van der Waals surface area contributed by atoms with Crippen LogP contribution < -0.4 is 0 Å². The Hall–Kier alpha value is -2.05. The predicted octanol–water partition coefficient (Wildman–Crippen LogP) is 2.15. The van der Waals surface area contributed by atoms with E-state index in [4.69, 9.17) is 15.3 Å². The van der Waals surface area contributed by atoms with Gasteiger partial charge in [-0.2, -0.15) is 10.5 Å². The number of rotatable bonds is 4. The summed E-state index contributed by atoms with van der Waals surface area (Å²) >= 11 is 1.18. The average molecular weight is 261 g/mol. The summed E-state index contributed by atoms with van der Waals surface area (Å²) in [6.45, 7) is 3.20. The Labute approximate surface area is 109 Å². The van der Waals surface area contributed by atoms with Crippen molar-refractivity contribution in [1.29, 1.82) is 10.5 Å². The van der Waals surface area contributed by atoms with Crippen molar-refractivity contribution in [2.24, 2.45) is 0 Å². The van der Waals surface area contributed by atoms with Gasteiger partial charge in [-0.3, -0.25) is 0 Å². The number of hydrogen-bond donors (Lipinski definition) is 0. The Bertz CT molecular complexity index is 519. The SMILES string of the molecule is C[C@@H](C#N)OC(=O)c1cccnc1S[C@@H](C)C#N. The van der Waals surface area contributed by atoms with E-state index in [1.54, 1.807) is 19.1 Å². The third-order valence-electron chi connectivity index (χ3n) is 1.93. The molecule has 5 nitrogen and oxygen atoms in total. The number of esters is 1. The van der Waals surface area contributed by atoms with E-state index in [0.717, 1.165) is 0 Å². The number of aromatic nitrogens is 1. The van der Waals surface area contributed by atoms with Crippen LogP contribution in [0.5, 0.6) is 0 Å². The van der Waals surface area contributed by atoms with E-state index in [0.29, 0.717) is 5.03 Å². The molecule has 6 heteroatoms. The summed E-state index contributed by atoms with van der Waals surface area (Å²) in [5.41, 5.74) is 0.270. The molecule has 1 aromatic heterocycles. The molecular weight excluding hydrogens is 250 g/mol. The number of hydrogen-bond acceptors (Lipinski definition) is 6. The van der Waals surface area contributed by atoms with Gasteiger partial charge in [0.05, 0.1) is 16.9 Å². The van der Waals surface area contributed by atoms with Gasteiger partial charge in [-0.15, -0.1) is 0 Å². The molecule has 0 N–H and O–H groups in total. The summed E-state index contributed by atoms with van der Waals surface area (Å²) < 4.78 is 4.91. The highest BCUT2D eigenvalue weighted by molar-refractivity contribution is 8.00. The smallest absolute Gasteiger partial charge is 0.342 e. The van der Waals surface area contributed by atoms with E-state index in [-0.39, 0.29) is 10.8 Å². The third kappa shape index (κ3) is 3.76. The first-order valence-electron chi connectivity index (χ1n) is 5.20. The average Bonchev–Trinajstić information content (AvgIpc) is 2.38. The normalized spacial score (nSPS) is 12.9. The topological polar surface area (TPSA) is 86.8 Å². The Morgan fingerprint density at radius 3 is 2.78 bits per heavy atom. The summed E-state index contributed by atoms with van der Waals surface area (Å²) in [7, 11) is 0. The van der Waals surface area contributed by atoms with E-state index < -0.39 is 12.1 Å². The maximum absolute atomic E-state index is 11.8. The van der Waals surface area contributed by atoms with Crippen molar-refractivity contribution in [3.8, 4) is 12.1 Å². The molecule has 0 spiro atoms. The van der Waals surface area contributed by atoms with Crippen molar-refractivity contribution >= 4 is 17.7 Å². The van der Waals surface area contributed by atoms with E-state index in [1.165, 1.54) is 24.9 Å². The molecule has 1 aromatic rings.